The zero-order valence-electron chi connectivity index (χ0n) is 8.71. The normalized spacial score (nSPS) is 10.5. The van der Waals surface area contributed by atoms with E-state index in [0.29, 0.717) is 6.54 Å². The van der Waals surface area contributed by atoms with Crippen molar-refractivity contribution in [3.05, 3.63) is 35.5 Å². The van der Waals surface area contributed by atoms with Crippen LogP contribution >= 0.6 is 0 Å². The van der Waals surface area contributed by atoms with E-state index in [0.717, 1.165) is 18.3 Å². The van der Waals surface area contributed by atoms with Crippen molar-refractivity contribution < 1.29 is 4.79 Å². The summed E-state index contributed by atoms with van der Waals surface area (Å²) in [5.74, 6) is 0. The van der Waals surface area contributed by atoms with Gasteiger partial charge < -0.3 is 10.3 Å². The summed E-state index contributed by atoms with van der Waals surface area (Å²) in [5, 5.41) is 3.93. The van der Waals surface area contributed by atoms with Gasteiger partial charge in [0.1, 0.15) is 0 Å². The van der Waals surface area contributed by atoms with Crippen LogP contribution in [0.5, 0.6) is 0 Å². The lowest BCUT2D eigenvalue weighted by Gasteiger charge is -2.02. The zero-order chi connectivity index (χ0) is 10.7. The number of aryl methyl sites for hydroxylation is 1. The van der Waals surface area contributed by atoms with E-state index >= 15 is 0 Å². The number of amides is 1. The molecule has 15 heavy (non-hydrogen) atoms. The highest BCUT2D eigenvalue weighted by Crippen LogP contribution is 2.19. The lowest BCUT2D eigenvalue weighted by molar-refractivity contribution is -0.109. The number of aromatic nitrogens is 1. The minimum absolute atomic E-state index is 0.687. The summed E-state index contributed by atoms with van der Waals surface area (Å²) >= 11 is 0. The number of H-pyrrole nitrogens is 1. The molecule has 1 aromatic heterocycles. The summed E-state index contributed by atoms with van der Waals surface area (Å²) in [6.07, 6.45) is 1.61. The predicted octanol–water partition coefficient (Wildman–Crippen LogP) is 1.76. The summed E-state index contributed by atoms with van der Waals surface area (Å²) in [6.45, 7) is 2.74. The molecule has 1 aromatic carbocycles. The quantitative estimate of drug-likeness (QED) is 0.576. The molecule has 3 nitrogen and oxygen atoms in total. The molecule has 0 fully saturated rings. The van der Waals surface area contributed by atoms with Crippen molar-refractivity contribution in [3.63, 3.8) is 0 Å². The maximum Gasteiger partial charge on any atom is 0.207 e. The van der Waals surface area contributed by atoms with Gasteiger partial charge in [-0.25, -0.2) is 0 Å². The second kappa shape index (κ2) is 4.17. The van der Waals surface area contributed by atoms with Crippen LogP contribution in [0, 0.1) is 6.92 Å². The van der Waals surface area contributed by atoms with Crippen molar-refractivity contribution >= 4 is 17.3 Å². The van der Waals surface area contributed by atoms with Crippen LogP contribution in [0.2, 0.25) is 0 Å². The molecule has 2 aromatic rings. The molecule has 0 aliphatic heterocycles. The molecule has 78 valence electrons. The van der Waals surface area contributed by atoms with Crippen molar-refractivity contribution in [2.24, 2.45) is 0 Å². The van der Waals surface area contributed by atoms with Crippen LogP contribution in [0.1, 0.15) is 11.3 Å². The number of rotatable bonds is 4. The fourth-order valence-electron chi connectivity index (χ4n) is 1.84. The Hall–Kier alpha value is -1.77. The van der Waals surface area contributed by atoms with E-state index in [9.17, 15) is 4.79 Å². The van der Waals surface area contributed by atoms with E-state index in [1.807, 2.05) is 13.0 Å². The Kier molecular flexibility index (Phi) is 2.72. The topological polar surface area (TPSA) is 44.9 Å². The highest BCUT2D eigenvalue weighted by Gasteiger charge is 2.02. The third-order valence-electron chi connectivity index (χ3n) is 2.51. The molecule has 0 aliphatic carbocycles. The van der Waals surface area contributed by atoms with Crippen LogP contribution < -0.4 is 5.32 Å². The molecule has 0 saturated heterocycles. The number of aromatic amines is 1. The third kappa shape index (κ3) is 2.01. The molecular formula is C12H14N2O. The van der Waals surface area contributed by atoms with Crippen LogP contribution in [0.25, 0.3) is 10.9 Å². The molecule has 0 aliphatic rings. The molecule has 3 heteroatoms. The summed E-state index contributed by atoms with van der Waals surface area (Å²) in [5.41, 5.74) is 3.60. The van der Waals surface area contributed by atoms with Gasteiger partial charge in [-0.1, -0.05) is 12.1 Å². The number of carbonyl (C=O) groups is 1. The Morgan fingerprint density at radius 3 is 3.13 bits per heavy atom. The minimum atomic E-state index is 0.687. The Morgan fingerprint density at radius 2 is 2.33 bits per heavy atom. The van der Waals surface area contributed by atoms with Crippen LogP contribution in [-0.2, 0) is 11.2 Å². The molecule has 0 saturated carbocycles. The van der Waals surface area contributed by atoms with Gasteiger partial charge in [0.25, 0.3) is 0 Å². The standard InChI is InChI=1S/C12H14N2O/c1-9-7-11-10(5-6-13-8-15)3-2-4-12(11)14-9/h2-4,7-8,14H,5-6H2,1H3,(H,13,15). The van der Waals surface area contributed by atoms with Crippen LogP contribution in [-0.4, -0.2) is 17.9 Å². The van der Waals surface area contributed by atoms with E-state index in [1.54, 1.807) is 0 Å². The van der Waals surface area contributed by atoms with Gasteiger partial charge in [-0.05, 0) is 31.0 Å². The van der Waals surface area contributed by atoms with Gasteiger partial charge in [-0.3, -0.25) is 4.79 Å². The average molecular weight is 202 g/mol. The van der Waals surface area contributed by atoms with Crippen molar-refractivity contribution in [2.45, 2.75) is 13.3 Å². The van der Waals surface area contributed by atoms with E-state index in [-0.39, 0.29) is 0 Å². The van der Waals surface area contributed by atoms with Crippen LogP contribution in [0.3, 0.4) is 0 Å². The number of nitrogens with one attached hydrogen (secondary N) is 2. The molecule has 0 atom stereocenters. The lowest BCUT2D eigenvalue weighted by atomic mass is 10.1. The first-order valence-electron chi connectivity index (χ1n) is 5.05. The molecule has 2 rings (SSSR count). The van der Waals surface area contributed by atoms with Gasteiger partial charge in [-0.2, -0.15) is 0 Å². The smallest absolute Gasteiger partial charge is 0.207 e. The van der Waals surface area contributed by atoms with Crippen molar-refractivity contribution in [1.29, 1.82) is 0 Å². The molecular weight excluding hydrogens is 188 g/mol. The van der Waals surface area contributed by atoms with E-state index in [2.05, 4.69) is 28.5 Å². The minimum Gasteiger partial charge on any atom is -0.359 e. The van der Waals surface area contributed by atoms with E-state index in [4.69, 9.17) is 0 Å². The zero-order valence-corrected chi connectivity index (χ0v) is 8.71. The molecule has 0 bridgehead atoms. The van der Waals surface area contributed by atoms with Crippen molar-refractivity contribution in [2.75, 3.05) is 6.54 Å². The Morgan fingerprint density at radius 1 is 1.47 bits per heavy atom. The number of hydrogen-bond donors (Lipinski definition) is 2. The number of benzene rings is 1. The Labute approximate surface area is 88.5 Å². The summed E-state index contributed by atoms with van der Waals surface area (Å²) in [7, 11) is 0. The molecule has 1 heterocycles. The molecule has 0 unspecified atom stereocenters. The largest absolute Gasteiger partial charge is 0.359 e. The van der Waals surface area contributed by atoms with Gasteiger partial charge in [-0.15, -0.1) is 0 Å². The fraction of sp³-hybridized carbons (Fsp3) is 0.250. The van der Waals surface area contributed by atoms with Crippen molar-refractivity contribution in [3.8, 4) is 0 Å². The molecule has 0 radical (unpaired) electrons. The maximum absolute atomic E-state index is 10.1. The summed E-state index contributed by atoms with van der Waals surface area (Å²) < 4.78 is 0. The molecule has 0 spiro atoms. The lowest BCUT2D eigenvalue weighted by Crippen LogP contribution is -2.14. The Bertz CT molecular complexity index is 473. The average Bonchev–Trinajstić information content (AvgIpc) is 2.59. The first kappa shape index (κ1) is 9.77. The van der Waals surface area contributed by atoms with Crippen LogP contribution in [0.4, 0.5) is 0 Å². The summed E-state index contributed by atoms with van der Waals surface area (Å²) in [6, 6.07) is 8.35. The monoisotopic (exact) mass is 202 g/mol. The van der Waals surface area contributed by atoms with Crippen LogP contribution in [0.15, 0.2) is 24.3 Å². The third-order valence-corrected chi connectivity index (χ3v) is 2.51. The van der Waals surface area contributed by atoms with E-state index < -0.39 is 0 Å². The number of carbonyl (C=O) groups excluding carboxylic acids is 1. The molecule has 2 N–H and O–H groups in total. The SMILES string of the molecule is Cc1cc2c(CCNC=O)cccc2[nH]1. The highest BCUT2D eigenvalue weighted by molar-refractivity contribution is 5.83. The number of hydrogen-bond acceptors (Lipinski definition) is 1. The van der Waals surface area contributed by atoms with Gasteiger partial charge >= 0.3 is 0 Å². The van der Waals surface area contributed by atoms with Gasteiger partial charge in [0.15, 0.2) is 0 Å². The fourth-order valence-corrected chi connectivity index (χ4v) is 1.84. The maximum atomic E-state index is 10.1. The first-order chi connectivity index (χ1) is 7.31. The predicted molar refractivity (Wildman–Crippen MR) is 60.8 cm³/mol. The number of fused-ring (bicyclic) bond motifs is 1. The van der Waals surface area contributed by atoms with Crippen molar-refractivity contribution in [1.82, 2.24) is 10.3 Å². The van der Waals surface area contributed by atoms with Gasteiger partial charge in [0.2, 0.25) is 6.41 Å². The molecule has 1 amide bonds. The van der Waals surface area contributed by atoms with Gasteiger partial charge in [0, 0.05) is 23.1 Å². The highest BCUT2D eigenvalue weighted by atomic mass is 16.1. The second-order valence-electron chi connectivity index (χ2n) is 3.65. The summed E-state index contributed by atoms with van der Waals surface area (Å²) in [4.78, 5) is 13.4. The van der Waals surface area contributed by atoms with E-state index in [1.165, 1.54) is 16.6 Å². The Balaban J connectivity index is 2.29. The first-order valence-corrected chi connectivity index (χ1v) is 5.05. The second-order valence-corrected chi connectivity index (χ2v) is 3.65. The van der Waals surface area contributed by atoms with Gasteiger partial charge in [0.05, 0.1) is 0 Å².